The summed E-state index contributed by atoms with van der Waals surface area (Å²) in [5.74, 6) is 0. The highest BCUT2D eigenvalue weighted by Gasteiger charge is 2.47. The van der Waals surface area contributed by atoms with E-state index >= 15 is 0 Å². The lowest BCUT2D eigenvalue weighted by molar-refractivity contribution is -0.137. The molecule has 0 unspecified atom stereocenters. The Morgan fingerprint density at radius 2 is 1.85 bits per heavy atom. The van der Waals surface area contributed by atoms with Gasteiger partial charge in [0.1, 0.15) is 0 Å². The van der Waals surface area contributed by atoms with Crippen molar-refractivity contribution in [1.82, 2.24) is 4.90 Å². The highest BCUT2D eigenvalue weighted by Crippen LogP contribution is 2.41. The standard InChI is InChI=1S/C18H24F3N3O2/c1-17(26)9-12-5-6-13(10-17)24(12)16(25)22-14-8-11(18(19,20)21)4-7-15(14)23(2)3/h4,7-8,12-13,26H,5-6,9-10H2,1-3H3,(H,22,25)/t12-,13-/m0/s1. The van der Waals surface area contributed by atoms with Crippen LogP contribution in [0.4, 0.5) is 29.3 Å². The predicted molar refractivity (Wildman–Crippen MR) is 93.3 cm³/mol. The van der Waals surface area contributed by atoms with E-state index in [1.165, 1.54) is 6.07 Å². The average molecular weight is 371 g/mol. The van der Waals surface area contributed by atoms with E-state index in [0.29, 0.717) is 18.5 Å². The monoisotopic (exact) mass is 371 g/mol. The summed E-state index contributed by atoms with van der Waals surface area (Å²) in [5.41, 5.74) is -0.967. The summed E-state index contributed by atoms with van der Waals surface area (Å²) in [5, 5.41) is 13.0. The summed E-state index contributed by atoms with van der Waals surface area (Å²) in [6, 6.07) is 2.75. The van der Waals surface area contributed by atoms with Gasteiger partial charge in [0.05, 0.1) is 22.5 Å². The van der Waals surface area contributed by atoms with Crippen LogP contribution < -0.4 is 10.2 Å². The van der Waals surface area contributed by atoms with E-state index in [1.807, 2.05) is 0 Å². The molecule has 2 saturated heterocycles. The van der Waals surface area contributed by atoms with Crippen LogP contribution in [0.3, 0.4) is 0 Å². The van der Waals surface area contributed by atoms with E-state index in [9.17, 15) is 23.1 Å². The zero-order chi connectivity index (χ0) is 19.3. The third-order valence-corrected chi connectivity index (χ3v) is 5.25. The second-order valence-electron chi connectivity index (χ2n) is 7.75. The number of benzene rings is 1. The smallest absolute Gasteiger partial charge is 0.390 e. The number of nitrogens with zero attached hydrogens (tertiary/aromatic N) is 2. The Balaban J connectivity index is 1.85. The van der Waals surface area contributed by atoms with E-state index in [-0.39, 0.29) is 17.8 Å². The first-order valence-electron chi connectivity index (χ1n) is 8.68. The normalized spacial score (nSPS) is 28.2. The van der Waals surface area contributed by atoms with Crippen molar-refractivity contribution >= 4 is 17.4 Å². The number of halogens is 3. The quantitative estimate of drug-likeness (QED) is 0.834. The second-order valence-corrected chi connectivity index (χ2v) is 7.75. The topological polar surface area (TPSA) is 55.8 Å². The number of alkyl halides is 3. The van der Waals surface area contributed by atoms with Crippen LogP contribution in [0, 0.1) is 0 Å². The predicted octanol–water partition coefficient (Wildman–Crippen LogP) is 3.68. The molecule has 0 radical (unpaired) electrons. The van der Waals surface area contributed by atoms with Crippen LogP contribution in [0.1, 0.15) is 38.2 Å². The molecule has 2 aliphatic rings. The van der Waals surface area contributed by atoms with Gasteiger partial charge in [-0.3, -0.25) is 0 Å². The Morgan fingerprint density at radius 3 is 2.35 bits per heavy atom. The molecule has 26 heavy (non-hydrogen) atoms. The number of urea groups is 1. The van der Waals surface area contributed by atoms with Crippen LogP contribution in [-0.4, -0.2) is 47.8 Å². The van der Waals surface area contributed by atoms with Gasteiger partial charge in [0.2, 0.25) is 0 Å². The number of carbonyl (C=O) groups is 1. The number of aliphatic hydroxyl groups is 1. The molecule has 1 aromatic carbocycles. The molecule has 0 spiro atoms. The van der Waals surface area contributed by atoms with Crippen LogP contribution in [0.5, 0.6) is 0 Å². The number of hydrogen-bond donors (Lipinski definition) is 2. The molecular formula is C18H24F3N3O2. The fourth-order valence-corrected chi connectivity index (χ4v) is 4.17. The molecule has 2 atom stereocenters. The van der Waals surface area contributed by atoms with Crippen molar-refractivity contribution in [3.05, 3.63) is 23.8 Å². The summed E-state index contributed by atoms with van der Waals surface area (Å²) in [4.78, 5) is 16.2. The van der Waals surface area contributed by atoms with Crippen LogP contribution in [-0.2, 0) is 6.18 Å². The zero-order valence-corrected chi connectivity index (χ0v) is 15.1. The molecule has 3 rings (SSSR count). The molecule has 2 bridgehead atoms. The van der Waals surface area contributed by atoms with Gasteiger partial charge in [-0.05, 0) is 50.8 Å². The van der Waals surface area contributed by atoms with Gasteiger partial charge in [-0.15, -0.1) is 0 Å². The van der Waals surface area contributed by atoms with Gasteiger partial charge < -0.3 is 20.2 Å². The summed E-state index contributed by atoms with van der Waals surface area (Å²) in [6.07, 6.45) is -1.90. The molecule has 0 aliphatic carbocycles. The molecule has 2 fully saturated rings. The van der Waals surface area contributed by atoms with Crippen molar-refractivity contribution in [2.45, 2.75) is 56.5 Å². The highest BCUT2D eigenvalue weighted by molar-refractivity contribution is 5.94. The molecule has 0 saturated carbocycles. The largest absolute Gasteiger partial charge is 0.416 e. The molecule has 0 aromatic heterocycles. The lowest BCUT2D eigenvalue weighted by Crippen LogP contribution is -2.53. The molecule has 1 aromatic rings. The summed E-state index contributed by atoms with van der Waals surface area (Å²) < 4.78 is 39.1. The van der Waals surface area contributed by atoms with Crippen molar-refractivity contribution in [2.75, 3.05) is 24.3 Å². The minimum Gasteiger partial charge on any atom is -0.390 e. The number of carbonyl (C=O) groups excluding carboxylic acids is 1. The minimum absolute atomic E-state index is 0.0858. The number of fused-ring (bicyclic) bond motifs is 2. The number of rotatable bonds is 2. The van der Waals surface area contributed by atoms with Crippen molar-refractivity contribution in [1.29, 1.82) is 0 Å². The maximum atomic E-state index is 13.0. The highest BCUT2D eigenvalue weighted by atomic mass is 19.4. The summed E-state index contributed by atoms with van der Waals surface area (Å²) in [7, 11) is 3.42. The molecule has 2 heterocycles. The number of piperidine rings is 1. The molecular weight excluding hydrogens is 347 g/mol. The maximum absolute atomic E-state index is 13.0. The zero-order valence-electron chi connectivity index (χ0n) is 15.1. The van der Waals surface area contributed by atoms with Gasteiger partial charge in [-0.2, -0.15) is 13.2 Å². The maximum Gasteiger partial charge on any atom is 0.416 e. The lowest BCUT2D eigenvalue weighted by atomic mass is 9.88. The molecule has 144 valence electrons. The Kier molecular flexibility index (Phi) is 4.58. The van der Waals surface area contributed by atoms with Gasteiger partial charge in [0.15, 0.2) is 0 Å². The fourth-order valence-electron chi connectivity index (χ4n) is 4.17. The lowest BCUT2D eigenvalue weighted by Gasteiger charge is -2.42. The first-order chi connectivity index (χ1) is 12.0. The van der Waals surface area contributed by atoms with E-state index in [1.54, 1.807) is 30.8 Å². The second kappa shape index (κ2) is 6.33. The number of anilines is 2. The van der Waals surface area contributed by atoms with Crippen molar-refractivity contribution < 1.29 is 23.1 Å². The van der Waals surface area contributed by atoms with Crippen LogP contribution >= 0.6 is 0 Å². The minimum atomic E-state index is -4.48. The molecule has 2 aliphatic heterocycles. The first kappa shape index (κ1) is 18.8. The first-order valence-corrected chi connectivity index (χ1v) is 8.68. The van der Waals surface area contributed by atoms with Crippen LogP contribution in [0.15, 0.2) is 18.2 Å². The van der Waals surface area contributed by atoms with Crippen LogP contribution in [0.25, 0.3) is 0 Å². The molecule has 5 nitrogen and oxygen atoms in total. The fraction of sp³-hybridized carbons (Fsp3) is 0.611. The van der Waals surface area contributed by atoms with Crippen molar-refractivity contribution in [3.63, 3.8) is 0 Å². The van der Waals surface area contributed by atoms with E-state index < -0.39 is 23.4 Å². The van der Waals surface area contributed by atoms with Gasteiger partial charge in [-0.1, -0.05) is 0 Å². The third-order valence-electron chi connectivity index (χ3n) is 5.25. The van der Waals surface area contributed by atoms with Crippen molar-refractivity contribution in [2.24, 2.45) is 0 Å². The molecule has 2 amide bonds. The Hall–Kier alpha value is -1.96. The summed E-state index contributed by atoms with van der Waals surface area (Å²) in [6.45, 7) is 1.77. The Morgan fingerprint density at radius 1 is 1.27 bits per heavy atom. The third kappa shape index (κ3) is 3.60. The Labute approximate surface area is 150 Å². The van der Waals surface area contributed by atoms with E-state index in [4.69, 9.17) is 0 Å². The Bertz CT molecular complexity index is 687. The van der Waals surface area contributed by atoms with Crippen LogP contribution in [0.2, 0.25) is 0 Å². The van der Waals surface area contributed by atoms with Gasteiger partial charge in [-0.25, -0.2) is 4.79 Å². The number of hydrogen-bond acceptors (Lipinski definition) is 3. The van der Waals surface area contributed by atoms with E-state index in [2.05, 4.69) is 5.32 Å². The SMILES string of the molecule is CN(C)c1ccc(C(F)(F)F)cc1NC(=O)N1[C@H]2CC[C@H]1CC(C)(O)C2. The molecule has 2 N–H and O–H groups in total. The summed E-state index contributed by atoms with van der Waals surface area (Å²) >= 11 is 0. The van der Waals surface area contributed by atoms with Gasteiger partial charge in [0.25, 0.3) is 0 Å². The average Bonchev–Trinajstić information content (AvgIpc) is 2.78. The van der Waals surface area contributed by atoms with E-state index in [0.717, 1.165) is 25.0 Å². The van der Waals surface area contributed by atoms with Gasteiger partial charge >= 0.3 is 12.2 Å². The van der Waals surface area contributed by atoms with Gasteiger partial charge in [0, 0.05) is 26.2 Å². The van der Waals surface area contributed by atoms with Crippen molar-refractivity contribution in [3.8, 4) is 0 Å². The molecule has 8 heteroatoms. The number of amides is 2. The number of nitrogens with one attached hydrogen (secondary N) is 1.